The molecule has 0 bridgehead atoms. The van der Waals surface area contributed by atoms with E-state index in [9.17, 15) is 4.79 Å². The van der Waals surface area contributed by atoms with Crippen LogP contribution in [0.4, 0.5) is 5.69 Å². The Balaban J connectivity index is 1.42. The number of halogens is 1. The molecule has 4 rings (SSSR count). The fourth-order valence-corrected chi connectivity index (χ4v) is 3.27. The summed E-state index contributed by atoms with van der Waals surface area (Å²) in [5.41, 5.74) is 3.81. The summed E-state index contributed by atoms with van der Waals surface area (Å²) in [6, 6.07) is 20.4. The summed E-state index contributed by atoms with van der Waals surface area (Å²) >= 11 is 6.22. The van der Waals surface area contributed by atoms with Gasteiger partial charge in [0.1, 0.15) is 11.3 Å². The molecule has 30 heavy (non-hydrogen) atoms. The molecule has 0 saturated heterocycles. The molecule has 0 atom stereocenters. The number of oxazole rings is 1. The third-order valence-corrected chi connectivity index (χ3v) is 5.02. The van der Waals surface area contributed by atoms with Crippen LogP contribution >= 0.6 is 11.6 Å². The van der Waals surface area contributed by atoms with E-state index < -0.39 is 0 Å². The molecular formula is C24H21ClN2O3. The average molecular weight is 421 g/mol. The fraction of sp³-hybridized carbons (Fsp3) is 0.167. The SMILES string of the molecule is CC(C)c1ccc(OCC(=O)Nc2ccc3oc(-c4ccccc4Cl)nc3c2)cc1. The van der Waals surface area contributed by atoms with Crippen LogP contribution < -0.4 is 10.1 Å². The molecule has 1 heterocycles. The molecule has 0 aliphatic heterocycles. The smallest absolute Gasteiger partial charge is 0.262 e. The minimum atomic E-state index is -0.253. The van der Waals surface area contributed by atoms with Gasteiger partial charge < -0.3 is 14.5 Å². The van der Waals surface area contributed by atoms with Gasteiger partial charge in [0.05, 0.1) is 10.6 Å². The number of amides is 1. The maximum Gasteiger partial charge on any atom is 0.262 e. The van der Waals surface area contributed by atoms with E-state index in [1.807, 2.05) is 42.5 Å². The summed E-state index contributed by atoms with van der Waals surface area (Å²) in [5.74, 6) is 1.29. The molecule has 6 heteroatoms. The first-order valence-corrected chi connectivity index (χ1v) is 10.1. The molecule has 4 aromatic rings. The van der Waals surface area contributed by atoms with E-state index in [0.29, 0.717) is 39.4 Å². The topological polar surface area (TPSA) is 64.4 Å². The van der Waals surface area contributed by atoms with Crippen LogP contribution in [0.3, 0.4) is 0 Å². The van der Waals surface area contributed by atoms with Crippen molar-refractivity contribution in [1.29, 1.82) is 0 Å². The first-order valence-electron chi connectivity index (χ1n) is 9.68. The molecule has 0 aliphatic rings. The number of hydrogen-bond acceptors (Lipinski definition) is 4. The molecule has 5 nitrogen and oxygen atoms in total. The van der Waals surface area contributed by atoms with Crippen LogP contribution in [0.15, 0.2) is 71.1 Å². The highest BCUT2D eigenvalue weighted by Crippen LogP contribution is 2.30. The second kappa shape index (κ2) is 8.59. The number of rotatable bonds is 6. The Morgan fingerprint density at radius 1 is 1.10 bits per heavy atom. The second-order valence-corrected chi connectivity index (χ2v) is 7.65. The molecule has 3 aromatic carbocycles. The number of nitrogens with zero attached hydrogens (tertiary/aromatic N) is 1. The number of benzene rings is 3. The Bertz CT molecular complexity index is 1180. The molecule has 0 spiro atoms. The van der Waals surface area contributed by atoms with E-state index in [0.717, 1.165) is 5.56 Å². The number of ether oxygens (including phenoxy) is 1. The summed E-state index contributed by atoms with van der Waals surface area (Å²) in [5, 5.41) is 3.39. The van der Waals surface area contributed by atoms with Gasteiger partial charge in [-0.3, -0.25) is 4.79 Å². The number of aromatic nitrogens is 1. The van der Waals surface area contributed by atoms with Gasteiger partial charge in [-0.1, -0.05) is 49.7 Å². The van der Waals surface area contributed by atoms with Crippen LogP contribution in [0.25, 0.3) is 22.6 Å². The Labute approximate surface area is 179 Å². The average Bonchev–Trinajstić information content (AvgIpc) is 3.16. The molecule has 0 unspecified atom stereocenters. The van der Waals surface area contributed by atoms with E-state index in [4.69, 9.17) is 20.8 Å². The molecule has 0 fully saturated rings. The van der Waals surface area contributed by atoms with Crippen molar-refractivity contribution in [2.75, 3.05) is 11.9 Å². The van der Waals surface area contributed by atoms with Crippen LogP contribution in [0, 0.1) is 0 Å². The minimum Gasteiger partial charge on any atom is -0.484 e. The summed E-state index contributed by atoms with van der Waals surface area (Å²) in [4.78, 5) is 16.8. The standard InChI is InChI=1S/C24H21ClN2O3/c1-15(2)16-7-10-18(11-8-16)29-14-23(28)26-17-9-12-22-21(13-17)27-24(30-22)19-5-3-4-6-20(19)25/h3-13,15H,14H2,1-2H3,(H,26,28). The van der Waals surface area contributed by atoms with Crippen molar-refractivity contribution in [2.45, 2.75) is 19.8 Å². The Kier molecular flexibility index (Phi) is 5.72. The van der Waals surface area contributed by atoms with Gasteiger partial charge in [-0.05, 0) is 53.9 Å². The molecular weight excluding hydrogens is 400 g/mol. The molecule has 0 radical (unpaired) electrons. The maximum absolute atomic E-state index is 12.3. The zero-order valence-corrected chi connectivity index (χ0v) is 17.4. The van der Waals surface area contributed by atoms with Crippen LogP contribution in [0.2, 0.25) is 5.02 Å². The number of hydrogen-bond donors (Lipinski definition) is 1. The van der Waals surface area contributed by atoms with Gasteiger partial charge in [-0.2, -0.15) is 0 Å². The number of anilines is 1. The summed E-state index contributed by atoms with van der Waals surface area (Å²) in [6.07, 6.45) is 0. The van der Waals surface area contributed by atoms with Gasteiger partial charge in [-0.15, -0.1) is 0 Å². The van der Waals surface area contributed by atoms with Gasteiger partial charge in [-0.25, -0.2) is 4.98 Å². The summed E-state index contributed by atoms with van der Waals surface area (Å²) in [7, 11) is 0. The fourth-order valence-electron chi connectivity index (χ4n) is 3.05. The molecule has 1 N–H and O–H groups in total. The van der Waals surface area contributed by atoms with Crippen molar-refractivity contribution in [3.8, 4) is 17.2 Å². The predicted octanol–water partition coefficient (Wildman–Crippen LogP) is 6.29. The summed E-state index contributed by atoms with van der Waals surface area (Å²) in [6.45, 7) is 4.18. The van der Waals surface area contributed by atoms with E-state index in [1.165, 1.54) is 5.56 Å². The third-order valence-electron chi connectivity index (χ3n) is 4.69. The third kappa shape index (κ3) is 4.47. The van der Waals surface area contributed by atoms with Crippen LogP contribution in [-0.4, -0.2) is 17.5 Å². The molecule has 1 aromatic heterocycles. The van der Waals surface area contributed by atoms with Crippen LogP contribution in [0.5, 0.6) is 5.75 Å². The van der Waals surface area contributed by atoms with Crippen LogP contribution in [0.1, 0.15) is 25.3 Å². The van der Waals surface area contributed by atoms with Crippen molar-refractivity contribution in [3.63, 3.8) is 0 Å². The Morgan fingerprint density at radius 2 is 1.87 bits per heavy atom. The first-order chi connectivity index (χ1) is 14.5. The van der Waals surface area contributed by atoms with E-state index in [-0.39, 0.29) is 12.5 Å². The normalized spacial score (nSPS) is 11.1. The lowest BCUT2D eigenvalue weighted by Gasteiger charge is -2.09. The number of carbonyl (C=O) groups excluding carboxylic acids is 1. The quantitative estimate of drug-likeness (QED) is 0.398. The number of fused-ring (bicyclic) bond motifs is 1. The van der Waals surface area contributed by atoms with Gasteiger partial charge in [0.25, 0.3) is 5.91 Å². The second-order valence-electron chi connectivity index (χ2n) is 7.24. The monoisotopic (exact) mass is 420 g/mol. The van der Waals surface area contributed by atoms with Gasteiger partial charge in [0.15, 0.2) is 12.2 Å². The number of carbonyl (C=O) groups is 1. The van der Waals surface area contributed by atoms with Crippen molar-refractivity contribution in [2.24, 2.45) is 0 Å². The Hall–Kier alpha value is -3.31. The minimum absolute atomic E-state index is 0.0806. The zero-order chi connectivity index (χ0) is 21.1. The molecule has 1 amide bonds. The van der Waals surface area contributed by atoms with E-state index >= 15 is 0 Å². The molecule has 0 aliphatic carbocycles. The highest BCUT2D eigenvalue weighted by molar-refractivity contribution is 6.33. The highest BCUT2D eigenvalue weighted by Gasteiger charge is 2.12. The molecule has 0 saturated carbocycles. The van der Waals surface area contributed by atoms with Crippen LogP contribution in [-0.2, 0) is 4.79 Å². The lowest BCUT2D eigenvalue weighted by Crippen LogP contribution is -2.20. The zero-order valence-electron chi connectivity index (χ0n) is 16.7. The lowest BCUT2D eigenvalue weighted by atomic mass is 10.0. The first kappa shape index (κ1) is 20.0. The van der Waals surface area contributed by atoms with Gasteiger partial charge in [0, 0.05) is 5.69 Å². The van der Waals surface area contributed by atoms with Crippen molar-refractivity contribution >= 4 is 34.3 Å². The van der Waals surface area contributed by atoms with Crippen molar-refractivity contribution < 1.29 is 13.9 Å². The van der Waals surface area contributed by atoms with E-state index in [1.54, 1.807) is 24.3 Å². The maximum atomic E-state index is 12.3. The Morgan fingerprint density at radius 3 is 2.60 bits per heavy atom. The van der Waals surface area contributed by atoms with Crippen molar-refractivity contribution in [3.05, 3.63) is 77.3 Å². The predicted molar refractivity (Wildman–Crippen MR) is 119 cm³/mol. The molecule has 152 valence electrons. The summed E-state index contributed by atoms with van der Waals surface area (Å²) < 4.78 is 11.4. The van der Waals surface area contributed by atoms with Gasteiger partial charge in [0.2, 0.25) is 5.89 Å². The van der Waals surface area contributed by atoms with E-state index in [2.05, 4.69) is 24.1 Å². The largest absolute Gasteiger partial charge is 0.484 e. The lowest BCUT2D eigenvalue weighted by molar-refractivity contribution is -0.118. The highest BCUT2D eigenvalue weighted by atomic mass is 35.5. The number of nitrogens with one attached hydrogen (secondary N) is 1. The van der Waals surface area contributed by atoms with Crippen molar-refractivity contribution in [1.82, 2.24) is 4.98 Å². The van der Waals surface area contributed by atoms with Gasteiger partial charge >= 0.3 is 0 Å².